The Kier molecular flexibility index (Phi) is 2.95. The Hall–Kier alpha value is -1.72. The van der Waals surface area contributed by atoms with Gasteiger partial charge in [0.2, 0.25) is 5.69 Å². The van der Waals surface area contributed by atoms with Crippen LogP contribution in [-0.4, -0.2) is 34.3 Å². The zero-order valence-electron chi connectivity index (χ0n) is 8.20. The molecule has 1 heterocycles. The number of aromatic amines is 1. The van der Waals surface area contributed by atoms with Gasteiger partial charge < -0.3 is 4.74 Å². The molecule has 0 radical (unpaired) electrons. The maximum atomic E-state index is 11.5. The number of hydrogen-bond acceptors (Lipinski definition) is 5. The topological polar surface area (TPSA) is 84.9 Å². The molecule has 0 fully saturated rings. The monoisotopic (exact) mass is 197 g/mol. The smallest absolute Gasteiger partial charge is 0.361 e. The number of nitrogens with one attached hydrogen (secondary N) is 1. The van der Waals surface area contributed by atoms with Crippen molar-refractivity contribution in [2.24, 2.45) is 5.92 Å². The van der Waals surface area contributed by atoms with Gasteiger partial charge in [-0.3, -0.25) is 4.79 Å². The van der Waals surface area contributed by atoms with Crippen LogP contribution in [0.3, 0.4) is 0 Å². The average Bonchev–Trinajstić information content (AvgIpc) is 2.63. The second kappa shape index (κ2) is 3.99. The Balaban J connectivity index is 3.04. The predicted octanol–water partition coefficient (Wildman–Crippen LogP) is 0.430. The van der Waals surface area contributed by atoms with Gasteiger partial charge in [-0.25, -0.2) is 4.79 Å². The molecule has 6 nitrogen and oxygen atoms in total. The first-order chi connectivity index (χ1) is 6.57. The fraction of sp³-hybridized carbons (Fsp3) is 0.500. The van der Waals surface area contributed by atoms with Crippen LogP contribution in [-0.2, 0) is 4.74 Å². The van der Waals surface area contributed by atoms with Gasteiger partial charge in [-0.2, -0.15) is 10.3 Å². The summed E-state index contributed by atoms with van der Waals surface area (Å²) < 4.78 is 4.45. The summed E-state index contributed by atoms with van der Waals surface area (Å²) in [6.07, 6.45) is 0. The molecule has 1 aromatic rings. The van der Waals surface area contributed by atoms with E-state index < -0.39 is 5.97 Å². The van der Waals surface area contributed by atoms with Gasteiger partial charge in [0.25, 0.3) is 0 Å². The van der Waals surface area contributed by atoms with Crippen LogP contribution in [0.15, 0.2) is 0 Å². The Morgan fingerprint density at radius 1 is 1.29 bits per heavy atom. The number of rotatable bonds is 3. The van der Waals surface area contributed by atoms with Crippen molar-refractivity contribution >= 4 is 11.8 Å². The van der Waals surface area contributed by atoms with E-state index in [1.54, 1.807) is 13.8 Å². The summed E-state index contributed by atoms with van der Waals surface area (Å²) in [4.78, 5) is 22.6. The zero-order chi connectivity index (χ0) is 10.7. The Bertz CT molecular complexity index is 356. The Morgan fingerprint density at radius 3 is 2.36 bits per heavy atom. The van der Waals surface area contributed by atoms with Crippen LogP contribution in [0.5, 0.6) is 0 Å². The molecule has 0 aliphatic rings. The first kappa shape index (κ1) is 10.4. The van der Waals surface area contributed by atoms with Crippen LogP contribution >= 0.6 is 0 Å². The molecular weight excluding hydrogens is 186 g/mol. The minimum absolute atomic E-state index is 0.0341. The molecule has 0 saturated heterocycles. The molecule has 0 saturated carbocycles. The molecule has 1 N–H and O–H groups in total. The van der Waals surface area contributed by atoms with Crippen LogP contribution < -0.4 is 0 Å². The van der Waals surface area contributed by atoms with E-state index in [0.29, 0.717) is 0 Å². The predicted molar refractivity (Wildman–Crippen MR) is 46.9 cm³/mol. The SMILES string of the molecule is COC(=O)c1n[nH]nc1C(=O)C(C)C. The van der Waals surface area contributed by atoms with Crippen molar-refractivity contribution in [3.63, 3.8) is 0 Å². The number of methoxy groups -OCH3 is 1. The number of Topliss-reactive ketones (excluding diaryl/α,β-unsaturated/α-hetero) is 1. The molecule has 14 heavy (non-hydrogen) atoms. The summed E-state index contributed by atoms with van der Waals surface area (Å²) in [5.74, 6) is -1.13. The minimum Gasteiger partial charge on any atom is -0.464 e. The molecule has 1 rings (SSSR count). The molecule has 6 heteroatoms. The second-order valence-corrected chi connectivity index (χ2v) is 3.03. The van der Waals surface area contributed by atoms with Crippen LogP contribution in [0.25, 0.3) is 0 Å². The zero-order valence-corrected chi connectivity index (χ0v) is 8.20. The molecule has 1 aromatic heterocycles. The van der Waals surface area contributed by atoms with Crippen LogP contribution in [0.1, 0.15) is 34.8 Å². The number of ketones is 1. The number of carbonyl (C=O) groups excluding carboxylic acids is 2. The van der Waals surface area contributed by atoms with Crippen molar-refractivity contribution in [2.45, 2.75) is 13.8 Å². The van der Waals surface area contributed by atoms with E-state index in [9.17, 15) is 9.59 Å². The summed E-state index contributed by atoms with van der Waals surface area (Å²) >= 11 is 0. The highest BCUT2D eigenvalue weighted by Crippen LogP contribution is 2.09. The lowest BCUT2D eigenvalue weighted by atomic mass is 10.1. The number of aromatic nitrogens is 3. The second-order valence-electron chi connectivity index (χ2n) is 3.03. The van der Waals surface area contributed by atoms with E-state index in [2.05, 4.69) is 20.1 Å². The van der Waals surface area contributed by atoms with Gasteiger partial charge in [0.1, 0.15) is 0 Å². The molecule has 0 spiro atoms. The third-order valence-corrected chi connectivity index (χ3v) is 1.68. The van der Waals surface area contributed by atoms with E-state index in [1.807, 2.05) is 0 Å². The molecular formula is C8H11N3O3. The maximum absolute atomic E-state index is 11.5. The third-order valence-electron chi connectivity index (χ3n) is 1.68. The first-order valence-electron chi connectivity index (χ1n) is 4.11. The quantitative estimate of drug-likeness (QED) is 0.561. The highest BCUT2D eigenvalue weighted by Gasteiger charge is 2.24. The molecule has 0 atom stereocenters. The fourth-order valence-corrected chi connectivity index (χ4v) is 0.915. The van der Waals surface area contributed by atoms with Gasteiger partial charge in [0.15, 0.2) is 11.5 Å². The number of carbonyl (C=O) groups is 2. The number of esters is 1. The van der Waals surface area contributed by atoms with Gasteiger partial charge in [-0.15, -0.1) is 5.10 Å². The van der Waals surface area contributed by atoms with Gasteiger partial charge in [0, 0.05) is 5.92 Å². The lowest BCUT2D eigenvalue weighted by Crippen LogP contribution is -2.14. The van der Waals surface area contributed by atoms with Gasteiger partial charge in [-0.05, 0) is 0 Å². The number of H-pyrrole nitrogens is 1. The summed E-state index contributed by atoms with van der Waals surface area (Å²) in [6.45, 7) is 3.44. The van der Waals surface area contributed by atoms with Crippen LogP contribution in [0.4, 0.5) is 0 Å². The van der Waals surface area contributed by atoms with Crippen molar-refractivity contribution in [2.75, 3.05) is 7.11 Å². The summed E-state index contributed by atoms with van der Waals surface area (Å²) in [7, 11) is 1.22. The standard InChI is InChI=1S/C8H11N3O3/c1-4(2)7(12)5-6(8(13)14-3)10-11-9-5/h4H,1-3H3,(H,9,10,11). The maximum Gasteiger partial charge on any atom is 0.361 e. The molecule has 0 bridgehead atoms. The summed E-state index contributed by atoms with van der Waals surface area (Å²) in [5, 5.41) is 9.41. The van der Waals surface area contributed by atoms with E-state index in [0.717, 1.165) is 0 Å². The Labute approximate surface area is 80.6 Å². The average molecular weight is 197 g/mol. The molecule has 0 aliphatic heterocycles. The van der Waals surface area contributed by atoms with E-state index >= 15 is 0 Å². The lowest BCUT2D eigenvalue weighted by Gasteiger charge is -2.00. The van der Waals surface area contributed by atoms with Gasteiger partial charge in [-0.1, -0.05) is 13.8 Å². The number of ether oxygens (including phenoxy) is 1. The molecule has 0 aliphatic carbocycles. The highest BCUT2D eigenvalue weighted by atomic mass is 16.5. The van der Waals surface area contributed by atoms with Gasteiger partial charge in [0.05, 0.1) is 7.11 Å². The summed E-state index contributed by atoms with van der Waals surface area (Å²) in [5.41, 5.74) is -0.0296. The molecule has 76 valence electrons. The van der Waals surface area contributed by atoms with Gasteiger partial charge >= 0.3 is 5.97 Å². The van der Waals surface area contributed by atoms with E-state index in [-0.39, 0.29) is 23.1 Å². The lowest BCUT2D eigenvalue weighted by molar-refractivity contribution is 0.0589. The fourth-order valence-electron chi connectivity index (χ4n) is 0.915. The first-order valence-corrected chi connectivity index (χ1v) is 4.11. The van der Waals surface area contributed by atoms with Crippen molar-refractivity contribution in [3.05, 3.63) is 11.4 Å². The minimum atomic E-state index is -0.664. The summed E-state index contributed by atoms with van der Waals surface area (Å²) in [6, 6.07) is 0. The van der Waals surface area contributed by atoms with Crippen molar-refractivity contribution < 1.29 is 14.3 Å². The van der Waals surface area contributed by atoms with Crippen molar-refractivity contribution in [3.8, 4) is 0 Å². The largest absolute Gasteiger partial charge is 0.464 e. The Morgan fingerprint density at radius 2 is 1.86 bits per heavy atom. The molecule has 0 amide bonds. The van der Waals surface area contributed by atoms with Crippen LogP contribution in [0, 0.1) is 5.92 Å². The molecule has 0 unspecified atom stereocenters. The van der Waals surface area contributed by atoms with E-state index in [4.69, 9.17) is 0 Å². The third kappa shape index (κ3) is 1.78. The number of hydrogen-bond donors (Lipinski definition) is 1. The molecule has 0 aromatic carbocycles. The normalized spacial score (nSPS) is 10.3. The van der Waals surface area contributed by atoms with Crippen molar-refractivity contribution in [1.29, 1.82) is 0 Å². The number of nitrogens with zero attached hydrogens (tertiary/aromatic N) is 2. The highest BCUT2D eigenvalue weighted by molar-refractivity contribution is 6.04. The van der Waals surface area contributed by atoms with Crippen molar-refractivity contribution in [1.82, 2.24) is 15.4 Å². The van der Waals surface area contributed by atoms with Crippen LogP contribution in [0.2, 0.25) is 0 Å². The van der Waals surface area contributed by atoms with E-state index in [1.165, 1.54) is 7.11 Å².